The molecule has 2 N–H and O–H groups in total. The van der Waals surface area contributed by atoms with Crippen LogP contribution in [0.2, 0.25) is 0 Å². The number of rotatable bonds is 2. The number of hydrogen-bond acceptors (Lipinski definition) is 2. The molecule has 1 rings (SSSR count). The molecule has 0 bridgehead atoms. The first-order chi connectivity index (χ1) is 5.22. The van der Waals surface area contributed by atoms with Crippen LogP contribution in [0, 0.1) is 0 Å². The van der Waals surface area contributed by atoms with Crippen LogP contribution in [-0.2, 0) is 0 Å². The highest BCUT2D eigenvalue weighted by Gasteiger charge is 2.08. The van der Waals surface area contributed by atoms with Gasteiger partial charge < -0.3 is 5.73 Å². The van der Waals surface area contributed by atoms with Gasteiger partial charge in [0.1, 0.15) is 0 Å². The first-order valence-corrected chi connectivity index (χ1v) is 3.56. The minimum atomic E-state index is -0.405. The molecular weight excluding hydrogens is 174 g/mol. The van der Waals surface area contributed by atoms with Crippen molar-refractivity contribution in [3.05, 3.63) is 35.9 Å². The van der Waals surface area contributed by atoms with E-state index in [0.29, 0.717) is 5.56 Å². The molecule has 0 fully saturated rings. The molecule has 0 aliphatic rings. The third-order valence-corrected chi connectivity index (χ3v) is 1.47. The van der Waals surface area contributed by atoms with Gasteiger partial charge in [-0.25, -0.2) is 0 Å². The molecule has 2 nitrogen and oxygen atoms in total. The lowest BCUT2D eigenvalue weighted by Crippen LogP contribution is -2.26. The lowest BCUT2D eigenvalue weighted by molar-refractivity contribution is 0.0968. The van der Waals surface area contributed by atoms with E-state index in [9.17, 15) is 4.79 Å². The number of nitrogens with two attached hydrogens (primary N) is 1. The fraction of sp³-hybridized carbons (Fsp3) is 0.222. The average molecular weight is 186 g/mol. The Morgan fingerprint density at radius 1 is 1.33 bits per heavy atom. The summed E-state index contributed by atoms with van der Waals surface area (Å²) >= 11 is 0. The van der Waals surface area contributed by atoms with Crippen LogP contribution in [0.15, 0.2) is 30.3 Å². The SMILES string of the molecule is C[C@@H](N)C(=O)c1ccccc1.Cl. The van der Waals surface area contributed by atoms with Gasteiger partial charge in [-0.1, -0.05) is 30.3 Å². The summed E-state index contributed by atoms with van der Waals surface area (Å²) in [5, 5.41) is 0. The van der Waals surface area contributed by atoms with E-state index >= 15 is 0 Å². The number of carbonyl (C=O) groups is 1. The molecule has 0 unspecified atom stereocenters. The molecule has 0 radical (unpaired) electrons. The van der Waals surface area contributed by atoms with Gasteiger partial charge in [-0.3, -0.25) is 4.79 Å². The zero-order valence-electron chi connectivity index (χ0n) is 6.86. The first-order valence-electron chi connectivity index (χ1n) is 3.56. The quantitative estimate of drug-likeness (QED) is 0.712. The monoisotopic (exact) mass is 185 g/mol. The fourth-order valence-corrected chi connectivity index (χ4v) is 0.865. The van der Waals surface area contributed by atoms with Crippen molar-refractivity contribution in [3.8, 4) is 0 Å². The highest BCUT2D eigenvalue weighted by atomic mass is 35.5. The van der Waals surface area contributed by atoms with Crippen LogP contribution < -0.4 is 5.73 Å². The Labute approximate surface area is 78.2 Å². The molecule has 12 heavy (non-hydrogen) atoms. The Morgan fingerprint density at radius 3 is 2.25 bits per heavy atom. The van der Waals surface area contributed by atoms with Gasteiger partial charge >= 0.3 is 0 Å². The predicted octanol–water partition coefficient (Wildman–Crippen LogP) is 1.64. The fourth-order valence-electron chi connectivity index (χ4n) is 0.865. The van der Waals surface area contributed by atoms with Crippen LogP contribution in [0.3, 0.4) is 0 Å². The Bertz CT molecular complexity index is 246. The molecule has 0 spiro atoms. The molecule has 0 aliphatic carbocycles. The smallest absolute Gasteiger partial charge is 0.179 e. The van der Waals surface area contributed by atoms with Gasteiger partial charge in [0.2, 0.25) is 0 Å². The second-order valence-corrected chi connectivity index (χ2v) is 2.52. The molecule has 0 saturated heterocycles. The molecule has 0 aromatic heterocycles. The summed E-state index contributed by atoms with van der Waals surface area (Å²) in [5.41, 5.74) is 6.10. The molecule has 1 atom stereocenters. The van der Waals surface area contributed by atoms with E-state index in [1.807, 2.05) is 18.2 Å². The van der Waals surface area contributed by atoms with E-state index < -0.39 is 6.04 Å². The Balaban J connectivity index is 0.00000121. The highest BCUT2D eigenvalue weighted by Crippen LogP contribution is 2.01. The predicted molar refractivity (Wildman–Crippen MR) is 51.7 cm³/mol. The summed E-state index contributed by atoms with van der Waals surface area (Å²) in [5.74, 6) is -0.00870. The van der Waals surface area contributed by atoms with Gasteiger partial charge in [0, 0.05) is 5.56 Å². The molecule has 0 heterocycles. The van der Waals surface area contributed by atoms with Crippen LogP contribution >= 0.6 is 12.4 Å². The van der Waals surface area contributed by atoms with Gasteiger partial charge in [-0.15, -0.1) is 12.4 Å². The number of hydrogen-bond donors (Lipinski definition) is 1. The first kappa shape index (κ1) is 11.1. The number of benzene rings is 1. The van der Waals surface area contributed by atoms with Crippen molar-refractivity contribution >= 4 is 18.2 Å². The van der Waals surface area contributed by atoms with Crippen LogP contribution in [0.4, 0.5) is 0 Å². The standard InChI is InChI=1S/C9H11NO.ClH/c1-7(10)9(11)8-5-3-2-4-6-8;/h2-7H,10H2,1H3;1H/t7-;/m1./s1. The summed E-state index contributed by atoms with van der Waals surface area (Å²) in [4.78, 5) is 11.2. The minimum Gasteiger partial charge on any atom is -0.321 e. The lowest BCUT2D eigenvalue weighted by atomic mass is 10.1. The molecule has 0 amide bonds. The molecule has 3 heteroatoms. The van der Waals surface area contributed by atoms with Crippen molar-refractivity contribution in [2.75, 3.05) is 0 Å². The van der Waals surface area contributed by atoms with E-state index in [1.165, 1.54) is 0 Å². The van der Waals surface area contributed by atoms with Crippen molar-refractivity contribution in [3.63, 3.8) is 0 Å². The van der Waals surface area contributed by atoms with E-state index in [4.69, 9.17) is 5.73 Å². The highest BCUT2D eigenvalue weighted by molar-refractivity contribution is 5.99. The van der Waals surface area contributed by atoms with Gasteiger partial charge in [0.05, 0.1) is 6.04 Å². The third kappa shape index (κ3) is 2.64. The summed E-state index contributed by atoms with van der Waals surface area (Å²) in [6.45, 7) is 1.69. The molecule has 1 aromatic rings. The Hall–Kier alpha value is -0.860. The van der Waals surface area contributed by atoms with E-state index in [1.54, 1.807) is 19.1 Å². The van der Waals surface area contributed by atoms with Crippen LogP contribution in [-0.4, -0.2) is 11.8 Å². The van der Waals surface area contributed by atoms with Gasteiger partial charge in [0.25, 0.3) is 0 Å². The van der Waals surface area contributed by atoms with Crippen molar-refractivity contribution in [2.45, 2.75) is 13.0 Å². The molecule has 0 aliphatic heterocycles. The number of carbonyl (C=O) groups excluding carboxylic acids is 1. The van der Waals surface area contributed by atoms with Gasteiger partial charge in [-0.2, -0.15) is 0 Å². The molecule has 66 valence electrons. The van der Waals surface area contributed by atoms with Crippen molar-refractivity contribution < 1.29 is 4.79 Å². The minimum absolute atomic E-state index is 0. The van der Waals surface area contributed by atoms with E-state index in [0.717, 1.165) is 0 Å². The zero-order chi connectivity index (χ0) is 8.27. The summed E-state index contributed by atoms with van der Waals surface area (Å²) in [6.07, 6.45) is 0. The van der Waals surface area contributed by atoms with Gasteiger partial charge in [-0.05, 0) is 6.92 Å². The average Bonchev–Trinajstić information content (AvgIpc) is 2.05. The maximum Gasteiger partial charge on any atom is 0.179 e. The van der Waals surface area contributed by atoms with Crippen LogP contribution in [0.25, 0.3) is 0 Å². The van der Waals surface area contributed by atoms with Crippen molar-refractivity contribution in [1.82, 2.24) is 0 Å². The van der Waals surface area contributed by atoms with E-state index in [-0.39, 0.29) is 18.2 Å². The zero-order valence-corrected chi connectivity index (χ0v) is 7.67. The van der Waals surface area contributed by atoms with Crippen molar-refractivity contribution in [1.29, 1.82) is 0 Å². The number of ketones is 1. The summed E-state index contributed by atoms with van der Waals surface area (Å²) in [6, 6.07) is 8.66. The van der Waals surface area contributed by atoms with E-state index in [2.05, 4.69) is 0 Å². The van der Waals surface area contributed by atoms with Crippen molar-refractivity contribution in [2.24, 2.45) is 5.73 Å². The second kappa shape index (κ2) is 4.91. The summed E-state index contributed by atoms with van der Waals surface area (Å²) < 4.78 is 0. The molecular formula is C9H12ClNO. The summed E-state index contributed by atoms with van der Waals surface area (Å²) in [7, 11) is 0. The molecule has 0 saturated carbocycles. The third-order valence-electron chi connectivity index (χ3n) is 1.47. The largest absolute Gasteiger partial charge is 0.321 e. The van der Waals surface area contributed by atoms with Crippen LogP contribution in [0.1, 0.15) is 17.3 Å². The van der Waals surface area contributed by atoms with Gasteiger partial charge in [0.15, 0.2) is 5.78 Å². The Morgan fingerprint density at radius 2 is 1.83 bits per heavy atom. The second-order valence-electron chi connectivity index (χ2n) is 2.52. The normalized spacial score (nSPS) is 11.5. The number of Topliss-reactive ketones (excluding diaryl/α,β-unsaturated/α-hetero) is 1. The Kier molecular flexibility index (Phi) is 4.55. The molecule has 1 aromatic carbocycles. The maximum atomic E-state index is 11.2. The maximum absolute atomic E-state index is 11.2. The number of halogens is 1. The topological polar surface area (TPSA) is 43.1 Å². The lowest BCUT2D eigenvalue weighted by Gasteiger charge is -2.02. The van der Waals surface area contributed by atoms with Crippen LogP contribution in [0.5, 0.6) is 0 Å².